The molecule has 0 aliphatic heterocycles. The first-order chi connectivity index (χ1) is 7.15. The molecule has 0 aliphatic carbocycles. The molecule has 1 aromatic heterocycles. The summed E-state index contributed by atoms with van der Waals surface area (Å²) in [4.78, 5) is 3.92. The summed E-state index contributed by atoms with van der Waals surface area (Å²) < 4.78 is 2.25. The van der Waals surface area contributed by atoms with Crippen molar-refractivity contribution in [2.45, 2.75) is 6.54 Å². The Morgan fingerprint density at radius 2 is 2.13 bits per heavy atom. The molecule has 0 saturated heterocycles. The fraction of sp³-hybridized carbons (Fsp3) is 0.111. The number of hydrogen-bond donors (Lipinski definition) is 1. The standard InChI is InChI=1S/C9H7Cl2N3S/c10-7-2-1-6(3-8(7)11)4-14-5-12-9(15)13-14/h1-3,5H,4H2,(H,13,15). The van der Waals surface area contributed by atoms with Gasteiger partial charge in [-0.25, -0.2) is 4.98 Å². The zero-order chi connectivity index (χ0) is 10.8. The zero-order valence-electron chi connectivity index (χ0n) is 7.58. The fourth-order valence-electron chi connectivity index (χ4n) is 1.22. The van der Waals surface area contributed by atoms with Crippen molar-refractivity contribution in [2.24, 2.45) is 0 Å². The molecule has 78 valence electrons. The summed E-state index contributed by atoms with van der Waals surface area (Å²) in [6.07, 6.45) is 1.64. The summed E-state index contributed by atoms with van der Waals surface area (Å²) >= 11 is 16.6. The average Bonchev–Trinajstić information content (AvgIpc) is 2.58. The Morgan fingerprint density at radius 1 is 1.33 bits per heavy atom. The second-order valence-electron chi connectivity index (χ2n) is 3.04. The molecule has 1 N–H and O–H groups in total. The number of rotatable bonds is 2. The van der Waals surface area contributed by atoms with E-state index in [2.05, 4.69) is 10.1 Å². The van der Waals surface area contributed by atoms with Crippen LogP contribution in [-0.4, -0.2) is 14.8 Å². The Hall–Kier alpha value is -0.840. The molecule has 0 saturated carbocycles. The average molecular weight is 260 g/mol. The van der Waals surface area contributed by atoms with E-state index >= 15 is 0 Å². The van der Waals surface area contributed by atoms with Gasteiger partial charge < -0.3 is 0 Å². The molecule has 1 heterocycles. The number of nitrogens with zero attached hydrogens (tertiary/aromatic N) is 2. The number of aromatic amines is 1. The Bertz CT molecular complexity index is 532. The summed E-state index contributed by atoms with van der Waals surface area (Å²) in [6.45, 7) is 0.639. The summed E-state index contributed by atoms with van der Waals surface area (Å²) in [5, 5.41) is 4.01. The number of aromatic nitrogens is 3. The molecule has 0 fully saturated rings. The van der Waals surface area contributed by atoms with Crippen LogP contribution in [0.15, 0.2) is 24.5 Å². The lowest BCUT2D eigenvalue weighted by molar-refractivity contribution is 0.682. The van der Waals surface area contributed by atoms with Crippen molar-refractivity contribution < 1.29 is 0 Å². The Kier molecular flexibility index (Phi) is 3.09. The first kappa shape index (κ1) is 10.7. The van der Waals surface area contributed by atoms with Crippen molar-refractivity contribution in [2.75, 3.05) is 0 Å². The van der Waals surface area contributed by atoms with Gasteiger partial charge >= 0.3 is 0 Å². The van der Waals surface area contributed by atoms with Crippen molar-refractivity contribution in [1.29, 1.82) is 0 Å². The minimum Gasteiger partial charge on any atom is -0.271 e. The predicted molar refractivity (Wildman–Crippen MR) is 63.0 cm³/mol. The van der Waals surface area contributed by atoms with E-state index in [9.17, 15) is 0 Å². The third kappa shape index (κ3) is 2.59. The molecular formula is C9H7Cl2N3S. The lowest BCUT2D eigenvalue weighted by Crippen LogP contribution is -1.99. The highest BCUT2D eigenvalue weighted by atomic mass is 35.5. The molecule has 3 nitrogen and oxygen atoms in total. The van der Waals surface area contributed by atoms with E-state index in [0.717, 1.165) is 5.56 Å². The van der Waals surface area contributed by atoms with Gasteiger partial charge in [0.1, 0.15) is 6.33 Å². The molecule has 6 heteroatoms. The molecule has 2 aromatic rings. The minimum atomic E-state index is 0.468. The molecular weight excluding hydrogens is 253 g/mol. The molecule has 0 atom stereocenters. The van der Waals surface area contributed by atoms with Crippen molar-refractivity contribution in [3.05, 3.63) is 44.9 Å². The smallest absolute Gasteiger partial charge is 0.213 e. The van der Waals surface area contributed by atoms with Crippen molar-refractivity contribution in [3.63, 3.8) is 0 Å². The highest BCUT2D eigenvalue weighted by Gasteiger charge is 2.00. The molecule has 15 heavy (non-hydrogen) atoms. The maximum Gasteiger partial charge on any atom is 0.213 e. The molecule has 0 bridgehead atoms. The molecule has 2 rings (SSSR count). The van der Waals surface area contributed by atoms with Crippen LogP contribution in [0.25, 0.3) is 0 Å². The second kappa shape index (κ2) is 4.35. The van der Waals surface area contributed by atoms with Gasteiger partial charge in [-0.15, -0.1) is 0 Å². The Labute approximate surface area is 102 Å². The van der Waals surface area contributed by atoms with E-state index in [4.69, 9.17) is 35.4 Å². The van der Waals surface area contributed by atoms with Gasteiger partial charge in [-0.3, -0.25) is 9.78 Å². The molecule has 0 spiro atoms. The van der Waals surface area contributed by atoms with Gasteiger partial charge in [0, 0.05) is 0 Å². The van der Waals surface area contributed by atoms with Gasteiger partial charge in [0.05, 0.1) is 16.6 Å². The predicted octanol–water partition coefficient (Wildman–Crippen LogP) is 3.30. The number of halogens is 2. The van der Waals surface area contributed by atoms with Gasteiger partial charge in [0.15, 0.2) is 0 Å². The van der Waals surface area contributed by atoms with Crippen LogP contribution in [0.4, 0.5) is 0 Å². The van der Waals surface area contributed by atoms with E-state index < -0.39 is 0 Å². The second-order valence-corrected chi connectivity index (χ2v) is 4.24. The van der Waals surface area contributed by atoms with E-state index in [0.29, 0.717) is 21.4 Å². The van der Waals surface area contributed by atoms with Crippen molar-refractivity contribution in [3.8, 4) is 0 Å². The highest BCUT2D eigenvalue weighted by molar-refractivity contribution is 7.71. The first-order valence-corrected chi connectivity index (χ1v) is 5.37. The fourth-order valence-corrected chi connectivity index (χ4v) is 1.70. The van der Waals surface area contributed by atoms with Crippen molar-refractivity contribution >= 4 is 35.4 Å². The lowest BCUT2D eigenvalue weighted by atomic mass is 10.2. The lowest BCUT2D eigenvalue weighted by Gasteiger charge is -2.03. The summed E-state index contributed by atoms with van der Waals surface area (Å²) in [5.74, 6) is 0. The summed E-state index contributed by atoms with van der Waals surface area (Å²) in [6, 6.07) is 5.50. The minimum absolute atomic E-state index is 0.468. The van der Waals surface area contributed by atoms with Crippen LogP contribution in [-0.2, 0) is 6.54 Å². The third-order valence-electron chi connectivity index (χ3n) is 1.89. The molecule has 0 unspecified atom stereocenters. The molecule has 1 aromatic carbocycles. The van der Waals surface area contributed by atoms with Crippen LogP contribution in [0.5, 0.6) is 0 Å². The number of benzene rings is 1. The van der Waals surface area contributed by atoms with Gasteiger partial charge in [-0.1, -0.05) is 29.3 Å². The largest absolute Gasteiger partial charge is 0.271 e. The van der Waals surface area contributed by atoms with Crippen LogP contribution in [0, 0.1) is 4.77 Å². The summed E-state index contributed by atoms with van der Waals surface area (Å²) in [5.41, 5.74) is 1.04. The SMILES string of the molecule is S=c1ncn(Cc2ccc(Cl)c(Cl)c2)[nH]1. The van der Waals surface area contributed by atoms with Crippen LogP contribution in [0.1, 0.15) is 5.56 Å². The van der Waals surface area contributed by atoms with Crippen molar-refractivity contribution in [1.82, 2.24) is 14.8 Å². The molecule has 0 amide bonds. The van der Waals surface area contributed by atoms with E-state index in [1.807, 2.05) is 12.1 Å². The number of hydrogen-bond acceptors (Lipinski definition) is 2. The van der Waals surface area contributed by atoms with E-state index in [1.54, 1.807) is 17.1 Å². The van der Waals surface area contributed by atoms with Crippen LogP contribution < -0.4 is 0 Å². The van der Waals surface area contributed by atoms with Crippen LogP contribution >= 0.6 is 35.4 Å². The van der Waals surface area contributed by atoms with Crippen LogP contribution in [0.3, 0.4) is 0 Å². The zero-order valence-corrected chi connectivity index (χ0v) is 9.90. The highest BCUT2D eigenvalue weighted by Crippen LogP contribution is 2.22. The van der Waals surface area contributed by atoms with Gasteiger partial charge in [0.2, 0.25) is 4.77 Å². The van der Waals surface area contributed by atoms with Gasteiger partial charge in [-0.2, -0.15) is 0 Å². The Balaban J connectivity index is 2.24. The normalized spacial score (nSPS) is 10.5. The van der Waals surface area contributed by atoms with E-state index in [-0.39, 0.29) is 0 Å². The monoisotopic (exact) mass is 259 g/mol. The molecule has 0 aliphatic rings. The summed E-state index contributed by atoms with van der Waals surface area (Å²) in [7, 11) is 0. The maximum atomic E-state index is 5.90. The van der Waals surface area contributed by atoms with Crippen LogP contribution in [0.2, 0.25) is 10.0 Å². The number of H-pyrrole nitrogens is 1. The Morgan fingerprint density at radius 3 is 2.73 bits per heavy atom. The van der Waals surface area contributed by atoms with Gasteiger partial charge in [-0.05, 0) is 29.9 Å². The third-order valence-corrected chi connectivity index (χ3v) is 2.83. The van der Waals surface area contributed by atoms with E-state index in [1.165, 1.54) is 0 Å². The number of nitrogens with one attached hydrogen (secondary N) is 1. The quantitative estimate of drug-likeness (QED) is 0.840. The molecule has 0 radical (unpaired) electrons. The maximum absolute atomic E-state index is 5.90. The van der Waals surface area contributed by atoms with Gasteiger partial charge in [0.25, 0.3) is 0 Å². The topological polar surface area (TPSA) is 33.6 Å². The first-order valence-electron chi connectivity index (χ1n) is 4.20.